The molecule has 3 aromatic carbocycles. The SMILES string of the molecule is CC(C)COc1nc(-c2ccccc2F)n(-c2ccc(NC(=O)[C@H]3C[C@H]3c3ccccc3)cc2)n1. The lowest BCUT2D eigenvalue weighted by atomic mass is 10.1. The number of hydrogen-bond acceptors (Lipinski definition) is 4. The van der Waals surface area contributed by atoms with Gasteiger partial charge in [-0.05, 0) is 60.2 Å². The van der Waals surface area contributed by atoms with E-state index < -0.39 is 5.82 Å². The van der Waals surface area contributed by atoms with Crippen LogP contribution in [0.4, 0.5) is 10.1 Å². The molecule has 178 valence electrons. The summed E-state index contributed by atoms with van der Waals surface area (Å²) in [6, 6.07) is 24.0. The van der Waals surface area contributed by atoms with Crippen LogP contribution in [0.3, 0.4) is 0 Å². The maximum Gasteiger partial charge on any atom is 0.336 e. The Morgan fingerprint density at radius 3 is 2.49 bits per heavy atom. The lowest BCUT2D eigenvalue weighted by molar-refractivity contribution is -0.117. The number of nitrogens with zero attached hydrogens (tertiary/aromatic N) is 3. The molecular formula is C28H27FN4O2. The average Bonchev–Trinajstić information content (AvgIpc) is 3.57. The van der Waals surface area contributed by atoms with E-state index in [4.69, 9.17) is 4.74 Å². The molecule has 4 aromatic rings. The first-order valence-electron chi connectivity index (χ1n) is 11.8. The van der Waals surface area contributed by atoms with Crippen LogP contribution in [0.5, 0.6) is 6.01 Å². The maximum atomic E-state index is 14.6. The summed E-state index contributed by atoms with van der Waals surface area (Å²) in [7, 11) is 0. The number of halogens is 1. The van der Waals surface area contributed by atoms with Gasteiger partial charge >= 0.3 is 6.01 Å². The highest BCUT2D eigenvalue weighted by Gasteiger charge is 2.43. The van der Waals surface area contributed by atoms with E-state index in [1.807, 2.05) is 56.3 Å². The van der Waals surface area contributed by atoms with E-state index in [-0.39, 0.29) is 23.8 Å². The fraction of sp³-hybridized carbons (Fsp3) is 0.250. The van der Waals surface area contributed by atoms with Gasteiger partial charge in [-0.15, -0.1) is 5.10 Å². The summed E-state index contributed by atoms with van der Waals surface area (Å²) in [5.41, 5.74) is 2.91. The van der Waals surface area contributed by atoms with Crippen molar-refractivity contribution < 1.29 is 13.9 Å². The Labute approximate surface area is 203 Å². The molecule has 0 aliphatic heterocycles. The van der Waals surface area contributed by atoms with Crippen molar-refractivity contribution in [2.45, 2.75) is 26.2 Å². The van der Waals surface area contributed by atoms with Crippen molar-refractivity contribution in [3.8, 4) is 23.1 Å². The van der Waals surface area contributed by atoms with E-state index in [0.29, 0.717) is 35.3 Å². The minimum absolute atomic E-state index is 0.0132. The van der Waals surface area contributed by atoms with Crippen LogP contribution in [-0.4, -0.2) is 27.3 Å². The van der Waals surface area contributed by atoms with Crippen LogP contribution in [0.2, 0.25) is 0 Å². The van der Waals surface area contributed by atoms with Crippen molar-refractivity contribution in [2.24, 2.45) is 11.8 Å². The van der Waals surface area contributed by atoms with Crippen molar-refractivity contribution >= 4 is 11.6 Å². The quantitative estimate of drug-likeness (QED) is 0.351. The summed E-state index contributed by atoms with van der Waals surface area (Å²) < 4.78 is 21.8. The molecule has 1 amide bonds. The van der Waals surface area contributed by atoms with Gasteiger partial charge in [-0.1, -0.05) is 56.3 Å². The van der Waals surface area contributed by atoms with E-state index in [9.17, 15) is 9.18 Å². The van der Waals surface area contributed by atoms with E-state index >= 15 is 0 Å². The van der Waals surface area contributed by atoms with Gasteiger partial charge in [-0.25, -0.2) is 9.07 Å². The molecule has 7 heteroatoms. The molecule has 1 aliphatic carbocycles. The highest BCUT2D eigenvalue weighted by molar-refractivity contribution is 5.95. The summed E-state index contributed by atoms with van der Waals surface area (Å²) in [6.45, 7) is 4.52. The van der Waals surface area contributed by atoms with E-state index in [1.54, 1.807) is 22.9 Å². The lowest BCUT2D eigenvalue weighted by Gasteiger charge is -2.09. The third-order valence-corrected chi connectivity index (χ3v) is 5.98. The molecule has 1 heterocycles. The number of carbonyl (C=O) groups is 1. The fourth-order valence-corrected chi connectivity index (χ4v) is 4.07. The fourth-order valence-electron chi connectivity index (χ4n) is 4.07. The topological polar surface area (TPSA) is 69.0 Å². The summed E-state index contributed by atoms with van der Waals surface area (Å²) in [5, 5.41) is 7.48. The van der Waals surface area contributed by atoms with Gasteiger partial charge in [0.1, 0.15) is 5.82 Å². The molecule has 1 saturated carbocycles. The molecule has 0 saturated heterocycles. The number of rotatable bonds is 8. The van der Waals surface area contributed by atoms with Crippen molar-refractivity contribution in [3.63, 3.8) is 0 Å². The van der Waals surface area contributed by atoms with Gasteiger partial charge in [0, 0.05) is 11.6 Å². The molecule has 1 aromatic heterocycles. The van der Waals surface area contributed by atoms with Crippen molar-refractivity contribution in [1.29, 1.82) is 0 Å². The number of ether oxygens (including phenoxy) is 1. The summed E-state index contributed by atoms with van der Waals surface area (Å²) in [6.07, 6.45) is 0.859. The number of benzene rings is 3. The molecule has 1 fully saturated rings. The maximum absolute atomic E-state index is 14.6. The van der Waals surface area contributed by atoms with Gasteiger partial charge in [0.25, 0.3) is 0 Å². The number of aromatic nitrogens is 3. The Morgan fingerprint density at radius 1 is 1.06 bits per heavy atom. The molecular weight excluding hydrogens is 443 g/mol. The van der Waals surface area contributed by atoms with E-state index in [1.165, 1.54) is 11.6 Å². The van der Waals surface area contributed by atoms with E-state index in [2.05, 4.69) is 27.5 Å². The Balaban J connectivity index is 1.35. The summed E-state index contributed by atoms with van der Waals surface area (Å²) in [4.78, 5) is 17.2. The number of hydrogen-bond donors (Lipinski definition) is 1. The summed E-state index contributed by atoms with van der Waals surface area (Å²) >= 11 is 0. The Hall–Kier alpha value is -4.00. The zero-order valence-corrected chi connectivity index (χ0v) is 19.7. The highest BCUT2D eigenvalue weighted by Crippen LogP contribution is 2.47. The normalized spacial score (nSPS) is 16.8. The van der Waals surface area contributed by atoms with Crippen LogP contribution in [-0.2, 0) is 4.79 Å². The Morgan fingerprint density at radius 2 is 1.77 bits per heavy atom. The van der Waals surface area contributed by atoms with Crippen molar-refractivity contribution in [3.05, 3.63) is 90.2 Å². The zero-order valence-electron chi connectivity index (χ0n) is 19.7. The van der Waals surface area contributed by atoms with Crippen LogP contribution < -0.4 is 10.1 Å². The molecule has 2 atom stereocenters. The predicted octanol–water partition coefficient (Wildman–Crippen LogP) is 5.85. The molecule has 6 nitrogen and oxygen atoms in total. The molecule has 0 unspecified atom stereocenters. The minimum atomic E-state index is -0.391. The van der Waals surface area contributed by atoms with E-state index in [0.717, 1.165) is 6.42 Å². The monoisotopic (exact) mass is 470 g/mol. The van der Waals surface area contributed by atoms with Gasteiger partial charge in [-0.2, -0.15) is 4.98 Å². The predicted molar refractivity (Wildman–Crippen MR) is 133 cm³/mol. The summed E-state index contributed by atoms with van der Waals surface area (Å²) in [5.74, 6) is 0.539. The zero-order chi connectivity index (χ0) is 24.4. The molecule has 0 radical (unpaired) electrons. The van der Waals surface area contributed by atoms with Crippen LogP contribution in [0.1, 0.15) is 31.7 Å². The first kappa shape index (κ1) is 22.8. The highest BCUT2D eigenvalue weighted by atomic mass is 19.1. The van der Waals surface area contributed by atoms with Crippen LogP contribution in [0.25, 0.3) is 17.1 Å². The largest absolute Gasteiger partial charge is 0.462 e. The van der Waals surface area contributed by atoms with Crippen LogP contribution in [0.15, 0.2) is 78.9 Å². The Bertz CT molecular complexity index is 1320. The van der Waals surface area contributed by atoms with Gasteiger partial charge in [0.2, 0.25) is 5.91 Å². The minimum Gasteiger partial charge on any atom is -0.462 e. The van der Waals surface area contributed by atoms with Crippen molar-refractivity contribution in [1.82, 2.24) is 14.8 Å². The second-order valence-electron chi connectivity index (χ2n) is 9.21. The third-order valence-electron chi connectivity index (χ3n) is 5.98. The third kappa shape index (κ3) is 5.09. The molecule has 35 heavy (non-hydrogen) atoms. The molecule has 0 bridgehead atoms. The second kappa shape index (κ2) is 9.70. The average molecular weight is 471 g/mol. The van der Waals surface area contributed by atoms with Gasteiger partial charge in [0.05, 0.1) is 17.9 Å². The van der Waals surface area contributed by atoms with Gasteiger partial charge in [-0.3, -0.25) is 4.79 Å². The van der Waals surface area contributed by atoms with Gasteiger partial charge < -0.3 is 10.1 Å². The standard InChI is InChI=1S/C28H27FN4O2/c1-18(2)17-35-28-31-26(22-10-6-7-11-25(22)29)33(32-28)21-14-12-20(13-15-21)30-27(34)24-16-23(24)19-8-4-3-5-9-19/h3-15,18,23-24H,16-17H2,1-2H3,(H,30,34)/t23-,24-/m0/s1. The Kier molecular flexibility index (Phi) is 6.31. The first-order chi connectivity index (χ1) is 17.0. The number of nitrogens with one attached hydrogen (secondary N) is 1. The van der Waals surface area contributed by atoms with Gasteiger partial charge in [0.15, 0.2) is 5.82 Å². The van der Waals surface area contributed by atoms with Crippen molar-refractivity contribution in [2.75, 3.05) is 11.9 Å². The number of amides is 1. The van der Waals surface area contributed by atoms with Crippen LogP contribution >= 0.6 is 0 Å². The molecule has 1 aliphatic rings. The second-order valence-corrected chi connectivity index (χ2v) is 9.21. The lowest BCUT2D eigenvalue weighted by Crippen LogP contribution is -2.14. The molecule has 5 rings (SSSR count). The molecule has 0 spiro atoms. The number of carbonyl (C=O) groups excluding carboxylic acids is 1. The smallest absolute Gasteiger partial charge is 0.336 e. The number of anilines is 1. The molecule has 1 N–H and O–H groups in total. The first-order valence-corrected chi connectivity index (χ1v) is 11.8. The van der Waals surface area contributed by atoms with Crippen LogP contribution in [0, 0.1) is 17.7 Å².